The Labute approximate surface area is 104 Å². The van der Waals surface area contributed by atoms with Crippen LogP contribution in [0.4, 0.5) is 0 Å². The lowest BCUT2D eigenvalue weighted by Gasteiger charge is -2.27. The molecule has 1 aromatic rings. The molecule has 0 radical (unpaired) electrons. The molecule has 0 aliphatic carbocycles. The first-order valence-electron chi connectivity index (χ1n) is 5.80. The molecule has 1 fully saturated rings. The van der Waals surface area contributed by atoms with Crippen molar-refractivity contribution in [3.05, 3.63) is 22.4 Å². The molecule has 1 aromatic heterocycles. The molecule has 0 bridgehead atoms. The van der Waals surface area contributed by atoms with Crippen molar-refractivity contribution in [2.75, 3.05) is 0 Å². The van der Waals surface area contributed by atoms with Crippen molar-refractivity contribution in [3.8, 4) is 0 Å². The minimum atomic E-state index is 0.127. The Bertz CT molecular complexity index is 388. The fraction of sp³-hybridized carbons (Fsp3) is 0.583. The average molecular weight is 285 g/mol. The Kier molecular flexibility index (Phi) is 3.38. The Morgan fingerprint density at radius 2 is 2.38 bits per heavy atom. The van der Waals surface area contributed by atoms with E-state index in [9.17, 15) is 4.79 Å². The van der Waals surface area contributed by atoms with Crippen LogP contribution in [0.2, 0.25) is 0 Å². The van der Waals surface area contributed by atoms with Crippen LogP contribution < -0.4 is 0 Å². The summed E-state index contributed by atoms with van der Waals surface area (Å²) in [6.45, 7) is 4.28. The number of rotatable bonds is 2. The van der Waals surface area contributed by atoms with Crippen molar-refractivity contribution in [2.24, 2.45) is 0 Å². The lowest BCUT2D eigenvalue weighted by atomic mass is 10.1. The maximum Gasteiger partial charge on any atom is 0.270 e. The first-order chi connectivity index (χ1) is 7.63. The highest BCUT2D eigenvalue weighted by Gasteiger charge is 2.33. The summed E-state index contributed by atoms with van der Waals surface area (Å²) in [5, 5.41) is 0. The van der Waals surface area contributed by atoms with Gasteiger partial charge in [-0.25, -0.2) is 0 Å². The maximum atomic E-state index is 12.3. The number of likely N-dealkylation sites (tertiary alicyclic amines) is 1. The molecule has 1 amide bonds. The summed E-state index contributed by atoms with van der Waals surface area (Å²) < 4.78 is 0.927. The molecular formula is C12H17BrN2O. The van der Waals surface area contributed by atoms with Gasteiger partial charge in [-0.1, -0.05) is 6.92 Å². The highest BCUT2D eigenvalue weighted by atomic mass is 79.9. The number of halogens is 1. The third-order valence-electron chi connectivity index (χ3n) is 3.37. The number of aromatic nitrogens is 1. The minimum Gasteiger partial charge on any atom is -0.356 e. The number of carbonyl (C=O) groups is 1. The molecule has 2 atom stereocenters. The van der Waals surface area contributed by atoms with Gasteiger partial charge in [-0.3, -0.25) is 4.79 Å². The molecule has 4 heteroatoms. The third kappa shape index (κ3) is 2.03. The molecule has 88 valence electrons. The van der Waals surface area contributed by atoms with Gasteiger partial charge in [-0.2, -0.15) is 0 Å². The van der Waals surface area contributed by atoms with Crippen LogP contribution >= 0.6 is 15.9 Å². The SMILES string of the molecule is CCC1CCC(C)N1C(=O)c1cc(Br)c[nH]1. The first kappa shape index (κ1) is 11.7. The second-order valence-electron chi connectivity index (χ2n) is 4.43. The number of nitrogens with one attached hydrogen (secondary N) is 1. The molecule has 16 heavy (non-hydrogen) atoms. The van der Waals surface area contributed by atoms with E-state index in [-0.39, 0.29) is 5.91 Å². The molecule has 0 saturated carbocycles. The third-order valence-corrected chi connectivity index (χ3v) is 3.83. The van der Waals surface area contributed by atoms with Crippen molar-refractivity contribution >= 4 is 21.8 Å². The number of amides is 1. The predicted molar refractivity (Wildman–Crippen MR) is 67.4 cm³/mol. The zero-order valence-corrected chi connectivity index (χ0v) is 11.3. The van der Waals surface area contributed by atoms with Crippen LogP contribution in [0.1, 0.15) is 43.6 Å². The van der Waals surface area contributed by atoms with E-state index >= 15 is 0 Å². The molecule has 3 nitrogen and oxygen atoms in total. The van der Waals surface area contributed by atoms with Crippen molar-refractivity contribution in [2.45, 2.75) is 45.2 Å². The average Bonchev–Trinajstić information content (AvgIpc) is 2.83. The Morgan fingerprint density at radius 1 is 1.62 bits per heavy atom. The van der Waals surface area contributed by atoms with Crippen LogP contribution in [0.5, 0.6) is 0 Å². The highest BCUT2D eigenvalue weighted by molar-refractivity contribution is 9.10. The van der Waals surface area contributed by atoms with Crippen LogP contribution in [0, 0.1) is 0 Å². The van der Waals surface area contributed by atoms with Gasteiger partial charge in [-0.15, -0.1) is 0 Å². The van der Waals surface area contributed by atoms with Gasteiger partial charge >= 0.3 is 0 Å². The van der Waals surface area contributed by atoms with Crippen LogP contribution in [0.25, 0.3) is 0 Å². The summed E-state index contributed by atoms with van der Waals surface area (Å²) in [6, 6.07) is 2.62. The highest BCUT2D eigenvalue weighted by Crippen LogP contribution is 2.28. The van der Waals surface area contributed by atoms with Gasteiger partial charge < -0.3 is 9.88 Å². The van der Waals surface area contributed by atoms with E-state index in [1.807, 2.05) is 11.0 Å². The zero-order chi connectivity index (χ0) is 11.7. The van der Waals surface area contributed by atoms with E-state index in [0.29, 0.717) is 17.8 Å². The number of H-pyrrole nitrogens is 1. The molecule has 2 unspecified atom stereocenters. The first-order valence-corrected chi connectivity index (χ1v) is 6.59. The Balaban J connectivity index is 2.20. The zero-order valence-electron chi connectivity index (χ0n) is 9.66. The van der Waals surface area contributed by atoms with E-state index in [0.717, 1.165) is 23.7 Å². The molecule has 1 aliphatic rings. The molecule has 0 aromatic carbocycles. The Morgan fingerprint density at radius 3 is 2.94 bits per heavy atom. The summed E-state index contributed by atoms with van der Waals surface area (Å²) in [5.41, 5.74) is 0.680. The number of hydrogen-bond donors (Lipinski definition) is 1. The van der Waals surface area contributed by atoms with Crippen molar-refractivity contribution in [3.63, 3.8) is 0 Å². The second-order valence-corrected chi connectivity index (χ2v) is 5.35. The number of aromatic amines is 1. The van der Waals surface area contributed by atoms with Crippen molar-refractivity contribution in [1.29, 1.82) is 0 Å². The van der Waals surface area contributed by atoms with Gasteiger partial charge in [0.2, 0.25) is 0 Å². The minimum absolute atomic E-state index is 0.127. The molecule has 2 rings (SSSR count). The van der Waals surface area contributed by atoms with Gasteiger partial charge in [-0.05, 0) is 48.2 Å². The van der Waals surface area contributed by atoms with Crippen molar-refractivity contribution < 1.29 is 4.79 Å². The van der Waals surface area contributed by atoms with Gasteiger partial charge in [0.15, 0.2) is 0 Å². The van der Waals surface area contributed by atoms with E-state index in [1.165, 1.54) is 0 Å². The molecule has 2 heterocycles. The van der Waals surface area contributed by atoms with Crippen LogP contribution in [-0.2, 0) is 0 Å². The second kappa shape index (κ2) is 4.62. The van der Waals surface area contributed by atoms with Gasteiger partial charge in [0.1, 0.15) is 5.69 Å². The summed E-state index contributed by atoms with van der Waals surface area (Å²) in [7, 11) is 0. The van der Waals surface area contributed by atoms with Gasteiger partial charge in [0, 0.05) is 22.8 Å². The van der Waals surface area contributed by atoms with Crippen LogP contribution in [-0.4, -0.2) is 27.9 Å². The summed E-state index contributed by atoms with van der Waals surface area (Å²) >= 11 is 3.35. The van der Waals surface area contributed by atoms with Gasteiger partial charge in [0.05, 0.1) is 0 Å². The topological polar surface area (TPSA) is 36.1 Å². The van der Waals surface area contributed by atoms with Gasteiger partial charge in [0.25, 0.3) is 5.91 Å². The Hall–Kier alpha value is -0.770. The summed E-state index contributed by atoms with van der Waals surface area (Å²) in [4.78, 5) is 17.3. The molecule has 1 saturated heterocycles. The monoisotopic (exact) mass is 284 g/mol. The number of hydrogen-bond acceptors (Lipinski definition) is 1. The maximum absolute atomic E-state index is 12.3. The molecule has 0 spiro atoms. The van der Waals surface area contributed by atoms with Crippen molar-refractivity contribution in [1.82, 2.24) is 9.88 Å². The van der Waals surface area contributed by atoms with E-state index in [2.05, 4.69) is 34.8 Å². The lowest BCUT2D eigenvalue weighted by molar-refractivity contribution is 0.0671. The predicted octanol–water partition coefficient (Wildman–Crippen LogP) is 3.18. The van der Waals surface area contributed by atoms with E-state index in [4.69, 9.17) is 0 Å². The quantitative estimate of drug-likeness (QED) is 0.890. The molecular weight excluding hydrogens is 268 g/mol. The fourth-order valence-electron chi connectivity index (χ4n) is 2.47. The summed E-state index contributed by atoms with van der Waals surface area (Å²) in [5.74, 6) is 0.127. The smallest absolute Gasteiger partial charge is 0.270 e. The number of carbonyl (C=O) groups excluding carboxylic acids is 1. The van der Waals surface area contributed by atoms with Crippen LogP contribution in [0.3, 0.4) is 0 Å². The lowest BCUT2D eigenvalue weighted by Crippen LogP contribution is -2.39. The fourth-order valence-corrected chi connectivity index (χ4v) is 2.81. The van der Waals surface area contributed by atoms with E-state index in [1.54, 1.807) is 6.20 Å². The van der Waals surface area contributed by atoms with E-state index < -0.39 is 0 Å². The normalized spacial score (nSPS) is 25.1. The van der Waals surface area contributed by atoms with Crippen LogP contribution in [0.15, 0.2) is 16.7 Å². The standard InChI is InChI=1S/C12H17BrN2O/c1-3-10-5-4-8(2)15(10)12(16)11-6-9(13)7-14-11/h6-8,10,14H,3-5H2,1-2H3. The number of nitrogens with zero attached hydrogens (tertiary/aromatic N) is 1. The molecule has 1 aliphatic heterocycles. The summed E-state index contributed by atoms with van der Waals surface area (Å²) in [6.07, 6.45) is 5.09. The molecule has 1 N–H and O–H groups in total. The largest absolute Gasteiger partial charge is 0.356 e.